The van der Waals surface area contributed by atoms with Crippen LogP contribution in [0.25, 0.3) is 11.4 Å². The van der Waals surface area contributed by atoms with Crippen LogP contribution < -0.4 is 5.32 Å². The van der Waals surface area contributed by atoms with E-state index in [9.17, 15) is 0 Å². The van der Waals surface area contributed by atoms with Crippen LogP contribution in [0.5, 0.6) is 0 Å². The van der Waals surface area contributed by atoms with Crippen molar-refractivity contribution in [1.82, 2.24) is 9.97 Å². The molecule has 1 aromatic heterocycles. The summed E-state index contributed by atoms with van der Waals surface area (Å²) >= 11 is 7.00. The van der Waals surface area contributed by atoms with Crippen molar-refractivity contribution in [1.29, 1.82) is 0 Å². The van der Waals surface area contributed by atoms with Crippen molar-refractivity contribution < 1.29 is 0 Å². The van der Waals surface area contributed by atoms with E-state index >= 15 is 0 Å². The van der Waals surface area contributed by atoms with E-state index in [0.717, 1.165) is 38.4 Å². The van der Waals surface area contributed by atoms with Crippen LogP contribution in [0.4, 0.5) is 5.82 Å². The van der Waals surface area contributed by atoms with Crippen molar-refractivity contribution in [3.63, 3.8) is 0 Å². The van der Waals surface area contributed by atoms with Crippen LogP contribution in [0.2, 0.25) is 0 Å². The molecule has 0 unspecified atom stereocenters. The molecule has 0 saturated heterocycles. The first kappa shape index (κ1) is 15.4. The third-order valence-electron chi connectivity index (χ3n) is 2.87. The molecule has 0 atom stereocenters. The maximum Gasteiger partial charge on any atom is 0.161 e. The topological polar surface area (TPSA) is 37.8 Å². The Morgan fingerprint density at radius 2 is 1.85 bits per heavy atom. The first-order valence-corrected chi connectivity index (χ1v) is 8.18. The molecule has 1 aromatic carbocycles. The van der Waals surface area contributed by atoms with Gasteiger partial charge in [0.2, 0.25) is 0 Å². The summed E-state index contributed by atoms with van der Waals surface area (Å²) in [6.45, 7) is 7.18. The summed E-state index contributed by atoms with van der Waals surface area (Å²) in [5, 5.41) is 3.27. The zero-order chi connectivity index (χ0) is 14.7. The Hall–Kier alpha value is -0.940. The predicted octanol–water partition coefficient (Wildman–Crippen LogP) is 5.22. The summed E-state index contributed by atoms with van der Waals surface area (Å²) < 4.78 is 2.02. The van der Waals surface area contributed by atoms with Gasteiger partial charge in [-0.15, -0.1) is 0 Å². The molecule has 20 heavy (non-hydrogen) atoms. The molecule has 1 heterocycles. The molecule has 0 bridgehead atoms. The van der Waals surface area contributed by atoms with E-state index in [0.29, 0.717) is 5.92 Å². The number of hydrogen-bond acceptors (Lipinski definition) is 3. The molecular weight excluding hydrogens is 382 g/mol. The molecule has 0 aliphatic rings. The highest BCUT2D eigenvalue weighted by atomic mass is 79.9. The minimum atomic E-state index is 0.369. The minimum Gasteiger partial charge on any atom is -0.370 e. The fourth-order valence-corrected chi connectivity index (χ4v) is 2.42. The van der Waals surface area contributed by atoms with Gasteiger partial charge in [-0.1, -0.05) is 13.8 Å². The molecule has 0 aliphatic heterocycles. The van der Waals surface area contributed by atoms with Crippen molar-refractivity contribution >= 4 is 37.7 Å². The number of hydrogen-bond donors (Lipinski definition) is 1. The lowest BCUT2D eigenvalue weighted by atomic mass is 10.1. The molecule has 5 heteroatoms. The lowest BCUT2D eigenvalue weighted by molar-refractivity contribution is 0.817. The average Bonchev–Trinajstić information content (AvgIpc) is 2.42. The summed E-state index contributed by atoms with van der Waals surface area (Å²) in [6.07, 6.45) is 0. The summed E-state index contributed by atoms with van der Waals surface area (Å²) in [4.78, 5) is 9.26. The maximum absolute atomic E-state index is 4.67. The highest BCUT2D eigenvalue weighted by molar-refractivity contribution is 9.13. The van der Waals surface area contributed by atoms with E-state index in [1.807, 2.05) is 24.3 Å². The molecule has 0 spiro atoms. The monoisotopic (exact) mass is 397 g/mol. The second kappa shape index (κ2) is 6.68. The van der Waals surface area contributed by atoms with Crippen LogP contribution >= 0.6 is 31.9 Å². The highest BCUT2D eigenvalue weighted by Crippen LogP contribution is 2.29. The number of benzene rings is 1. The lowest BCUT2D eigenvalue weighted by Gasteiger charge is -2.11. The van der Waals surface area contributed by atoms with Crippen LogP contribution in [-0.4, -0.2) is 16.5 Å². The van der Waals surface area contributed by atoms with Gasteiger partial charge in [0, 0.05) is 32.8 Å². The summed E-state index contributed by atoms with van der Waals surface area (Å²) in [5.41, 5.74) is 2.05. The number of aromatic nitrogens is 2. The smallest absolute Gasteiger partial charge is 0.161 e. The SMILES string of the molecule is CCNc1cc(C(C)C)nc(-c2ccc(Br)c(Br)c2)n1. The van der Waals surface area contributed by atoms with Gasteiger partial charge in [-0.25, -0.2) is 9.97 Å². The lowest BCUT2D eigenvalue weighted by Crippen LogP contribution is -2.05. The third-order valence-corrected chi connectivity index (χ3v) is 4.75. The van der Waals surface area contributed by atoms with Gasteiger partial charge >= 0.3 is 0 Å². The Morgan fingerprint density at radius 1 is 1.10 bits per heavy atom. The second-order valence-electron chi connectivity index (χ2n) is 4.82. The number of nitrogens with zero attached hydrogens (tertiary/aromatic N) is 2. The Morgan fingerprint density at radius 3 is 2.45 bits per heavy atom. The van der Waals surface area contributed by atoms with E-state index in [2.05, 4.69) is 67.9 Å². The minimum absolute atomic E-state index is 0.369. The van der Waals surface area contributed by atoms with Crippen molar-refractivity contribution in [2.24, 2.45) is 0 Å². The number of nitrogens with one attached hydrogen (secondary N) is 1. The van der Waals surface area contributed by atoms with Gasteiger partial charge in [0.1, 0.15) is 5.82 Å². The molecule has 2 aromatic rings. The van der Waals surface area contributed by atoms with Crippen molar-refractivity contribution in [3.8, 4) is 11.4 Å². The third kappa shape index (κ3) is 3.58. The van der Waals surface area contributed by atoms with Gasteiger partial charge in [-0.05, 0) is 62.9 Å². The van der Waals surface area contributed by atoms with Crippen LogP contribution in [0.1, 0.15) is 32.4 Å². The molecule has 0 radical (unpaired) electrons. The Bertz CT molecular complexity index is 612. The second-order valence-corrected chi connectivity index (χ2v) is 6.52. The summed E-state index contributed by atoms with van der Waals surface area (Å²) in [6, 6.07) is 8.06. The zero-order valence-electron chi connectivity index (χ0n) is 11.7. The molecular formula is C15H17Br2N3. The predicted molar refractivity (Wildman–Crippen MR) is 91.1 cm³/mol. The molecule has 0 saturated carbocycles. The zero-order valence-corrected chi connectivity index (χ0v) is 14.9. The quantitative estimate of drug-likeness (QED) is 0.766. The summed E-state index contributed by atoms with van der Waals surface area (Å²) in [5.74, 6) is 1.99. The Labute approximate surface area is 136 Å². The molecule has 0 aliphatic carbocycles. The summed E-state index contributed by atoms with van der Waals surface area (Å²) in [7, 11) is 0. The highest BCUT2D eigenvalue weighted by Gasteiger charge is 2.10. The van der Waals surface area contributed by atoms with Gasteiger partial charge in [-0.3, -0.25) is 0 Å². The van der Waals surface area contributed by atoms with E-state index in [-0.39, 0.29) is 0 Å². The van der Waals surface area contributed by atoms with Gasteiger partial charge in [0.05, 0.1) is 0 Å². The van der Waals surface area contributed by atoms with Crippen molar-refractivity contribution in [3.05, 3.63) is 38.9 Å². The van der Waals surface area contributed by atoms with Crippen molar-refractivity contribution in [2.45, 2.75) is 26.7 Å². The van der Waals surface area contributed by atoms with Crippen LogP contribution in [0.3, 0.4) is 0 Å². The first-order chi connectivity index (χ1) is 9.51. The normalized spacial score (nSPS) is 10.9. The van der Waals surface area contributed by atoms with Crippen LogP contribution in [0.15, 0.2) is 33.2 Å². The van der Waals surface area contributed by atoms with Gasteiger partial charge < -0.3 is 5.32 Å². The molecule has 0 amide bonds. The molecule has 2 rings (SSSR count). The van der Waals surface area contributed by atoms with E-state index in [1.165, 1.54) is 0 Å². The Kier molecular flexibility index (Phi) is 5.16. The average molecular weight is 399 g/mol. The molecule has 3 nitrogen and oxygen atoms in total. The molecule has 1 N–H and O–H groups in total. The maximum atomic E-state index is 4.67. The number of anilines is 1. The van der Waals surface area contributed by atoms with Crippen LogP contribution in [-0.2, 0) is 0 Å². The number of rotatable bonds is 4. The fourth-order valence-electron chi connectivity index (χ4n) is 1.80. The molecule has 106 valence electrons. The van der Waals surface area contributed by atoms with Gasteiger partial charge in [-0.2, -0.15) is 0 Å². The largest absolute Gasteiger partial charge is 0.370 e. The standard InChI is InChI=1S/C15H17Br2N3/c1-4-18-14-8-13(9(2)3)19-15(20-14)10-5-6-11(16)12(17)7-10/h5-9H,4H2,1-3H3,(H,18,19,20). The van der Waals surface area contributed by atoms with Gasteiger partial charge in [0.25, 0.3) is 0 Å². The van der Waals surface area contributed by atoms with Crippen molar-refractivity contribution in [2.75, 3.05) is 11.9 Å². The number of halogens is 2. The first-order valence-electron chi connectivity index (χ1n) is 6.59. The van der Waals surface area contributed by atoms with E-state index in [4.69, 9.17) is 0 Å². The Balaban J connectivity index is 2.51. The van der Waals surface area contributed by atoms with E-state index < -0.39 is 0 Å². The fraction of sp³-hybridized carbons (Fsp3) is 0.333. The molecule has 0 fully saturated rings. The van der Waals surface area contributed by atoms with E-state index in [1.54, 1.807) is 0 Å². The van der Waals surface area contributed by atoms with Gasteiger partial charge in [0.15, 0.2) is 5.82 Å². The van der Waals surface area contributed by atoms with Crippen LogP contribution in [0, 0.1) is 0 Å².